The van der Waals surface area contributed by atoms with Crippen molar-refractivity contribution in [2.24, 2.45) is 0 Å². The minimum absolute atomic E-state index is 0.295. The van der Waals surface area contributed by atoms with Gasteiger partial charge in [-0.15, -0.1) is 11.3 Å². The first-order chi connectivity index (χ1) is 11.1. The van der Waals surface area contributed by atoms with E-state index in [9.17, 15) is 8.42 Å². The molecule has 1 fully saturated rings. The number of methoxy groups -OCH3 is 1. The molecule has 0 radical (unpaired) electrons. The van der Waals surface area contributed by atoms with E-state index >= 15 is 0 Å². The normalized spacial score (nSPS) is 17.3. The summed E-state index contributed by atoms with van der Waals surface area (Å²) in [4.78, 5) is 3.90. The molecule has 0 bridgehead atoms. The van der Waals surface area contributed by atoms with Gasteiger partial charge in [-0.1, -0.05) is 12.1 Å². The van der Waals surface area contributed by atoms with Crippen LogP contribution in [0.3, 0.4) is 0 Å². The Balaban J connectivity index is 1.66. The zero-order valence-corrected chi connectivity index (χ0v) is 14.6. The third-order valence-electron chi connectivity index (χ3n) is 3.97. The van der Waals surface area contributed by atoms with Crippen molar-refractivity contribution >= 4 is 21.4 Å². The molecule has 0 atom stereocenters. The minimum atomic E-state index is -3.45. The van der Waals surface area contributed by atoms with Gasteiger partial charge in [0.25, 0.3) is 0 Å². The highest BCUT2D eigenvalue weighted by Crippen LogP contribution is 2.22. The van der Waals surface area contributed by atoms with Gasteiger partial charge in [0.2, 0.25) is 10.0 Å². The van der Waals surface area contributed by atoms with Gasteiger partial charge in [-0.2, -0.15) is 4.31 Å². The zero-order valence-electron chi connectivity index (χ0n) is 13.0. The number of thiophene rings is 1. The molecule has 1 aliphatic rings. The maximum atomic E-state index is 12.7. The number of ether oxygens (including phenoxy) is 1. The van der Waals surface area contributed by atoms with Crippen LogP contribution in [-0.4, -0.2) is 50.9 Å². The van der Waals surface area contributed by atoms with Gasteiger partial charge in [-0.3, -0.25) is 4.90 Å². The average molecular weight is 352 g/mol. The Morgan fingerprint density at radius 1 is 1.13 bits per heavy atom. The first-order valence-electron chi connectivity index (χ1n) is 7.48. The lowest BCUT2D eigenvalue weighted by atomic mass is 10.3. The summed E-state index contributed by atoms with van der Waals surface area (Å²) in [7, 11) is -1.91. The molecule has 23 heavy (non-hydrogen) atoms. The molecule has 0 N–H and O–H groups in total. The Morgan fingerprint density at radius 2 is 1.91 bits per heavy atom. The van der Waals surface area contributed by atoms with Crippen LogP contribution in [-0.2, 0) is 16.6 Å². The summed E-state index contributed by atoms with van der Waals surface area (Å²) < 4.78 is 32.2. The molecule has 2 aromatic rings. The average Bonchev–Trinajstić information content (AvgIpc) is 3.08. The van der Waals surface area contributed by atoms with E-state index in [1.807, 2.05) is 6.07 Å². The Bertz CT molecular complexity index is 736. The molecule has 1 saturated heterocycles. The number of rotatable bonds is 5. The first-order valence-corrected chi connectivity index (χ1v) is 9.80. The molecular weight excluding hydrogens is 332 g/mol. The summed E-state index contributed by atoms with van der Waals surface area (Å²) in [5, 5.41) is 2.07. The number of piperazine rings is 1. The van der Waals surface area contributed by atoms with Crippen molar-refractivity contribution in [3.63, 3.8) is 0 Å². The van der Waals surface area contributed by atoms with E-state index in [0.717, 1.165) is 19.6 Å². The van der Waals surface area contributed by atoms with Crippen LogP contribution in [0.15, 0.2) is 46.7 Å². The Morgan fingerprint density at radius 3 is 2.57 bits per heavy atom. The molecule has 0 unspecified atom stereocenters. The lowest BCUT2D eigenvalue weighted by molar-refractivity contribution is 0.183. The largest absolute Gasteiger partial charge is 0.497 e. The highest BCUT2D eigenvalue weighted by molar-refractivity contribution is 7.89. The molecule has 2 heterocycles. The Labute approximate surface area is 141 Å². The molecule has 124 valence electrons. The minimum Gasteiger partial charge on any atom is -0.497 e. The van der Waals surface area contributed by atoms with Gasteiger partial charge in [0.1, 0.15) is 5.75 Å². The number of benzene rings is 1. The highest BCUT2D eigenvalue weighted by atomic mass is 32.2. The Hall–Kier alpha value is -1.41. The number of hydrogen-bond donors (Lipinski definition) is 0. The topological polar surface area (TPSA) is 49.9 Å². The van der Waals surface area contributed by atoms with Crippen LogP contribution in [0.5, 0.6) is 5.75 Å². The zero-order chi connectivity index (χ0) is 16.3. The fraction of sp³-hybridized carbons (Fsp3) is 0.375. The van der Waals surface area contributed by atoms with Gasteiger partial charge >= 0.3 is 0 Å². The lowest BCUT2D eigenvalue weighted by Gasteiger charge is -2.33. The van der Waals surface area contributed by atoms with Crippen LogP contribution in [0.2, 0.25) is 0 Å². The summed E-state index contributed by atoms with van der Waals surface area (Å²) in [6, 6.07) is 10.8. The standard InChI is InChI=1S/C16H20N2O3S2/c1-21-14-4-2-6-16(12-14)23(19,20)18-9-7-17(8-10-18)13-15-5-3-11-22-15/h2-6,11-12H,7-10,13H2,1H3. The summed E-state index contributed by atoms with van der Waals surface area (Å²) in [6.45, 7) is 3.43. The summed E-state index contributed by atoms with van der Waals surface area (Å²) in [5.41, 5.74) is 0. The maximum Gasteiger partial charge on any atom is 0.243 e. The van der Waals surface area contributed by atoms with Gasteiger partial charge in [-0.25, -0.2) is 8.42 Å². The molecule has 1 aromatic carbocycles. The van der Waals surface area contributed by atoms with E-state index in [4.69, 9.17) is 4.74 Å². The molecule has 0 spiro atoms. The predicted molar refractivity (Wildman–Crippen MR) is 91.3 cm³/mol. The smallest absolute Gasteiger partial charge is 0.243 e. The molecule has 7 heteroatoms. The van der Waals surface area contributed by atoms with Crippen molar-refractivity contribution in [1.29, 1.82) is 0 Å². The lowest BCUT2D eigenvalue weighted by Crippen LogP contribution is -2.48. The van der Waals surface area contributed by atoms with Gasteiger partial charge in [0.15, 0.2) is 0 Å². The molecule has 0 saturated carbocycles. The van der Waals surface area contributed by atoms with Crippen molar-refractivity contribution in [2.75, 3.05) is 33.3 Å². The number of nitrogens with zero attached hydrogens (tertiary/aromatic N) is 2. The van der Waals surface area contributed by atoms with Gasteiger partial charge in [0.05, 0.1) is 12.0 Å². The van der Waals surface area contributed by atoms with Crippen molar-refractivity contribution in [3.05, 3.63) is 46.7 Å². The van der Waals surface area contributed by atoms with Crippen LogP contribution < -0.4 is 4.74 Å². The molecule has 1 aliphatic heterocycles. The van der Waals surface area contributed by atoms with E-state index in [0.29, 0.717) is 23.7 Å². The molecule has 3 rings (SSSR count). The van der Waals surface area contributed by atoms with Gasteiger partial charge in [-0.05, 0) is 23.6 Å². The highest BCUT2D eigenvalue weighted by Gasteiger charge is 2.28. The van der Waals surface area contributed by atoms with E-state index in [2.05, 4.69) is 16.3 Å². The second-order valence-electron chi connectivity index (χ2n) is 5.44. The van der Waals surface area contributed by atoms with Crippen LogP contribution in [0, 0.1) is 0 Å². The van der Waals surface area contributed by atoms with Crippen LogP contribution in [0.4, 0.5) is 0 Å². The van der Waals surface area contributed by atoms with Crippen LogP contribution in [0.25, 0.3) is 0 Å². The third kappa shape index (κ3) is 3.74. The maximum absolute atomic E-state index is 12.7. The molecular formula is C16H20N2O3S2. The van der Waals surface area contributed by atoms with Crippen molar-refractivity contribution in [1.82, 2.24) is 9.21 Å². The number of hydrogen-bond acceptors (Lipinski definition) is 5. The van der Waals surface area contributed by atoms with Crippen molar-refractivity contribution in [3.8, 4) is 5.75 Å². The predicted octanol–water partition coefficient (Wildman–Crippen LogP) is 2.26. The first kappa shape index (κ1) is 16.4. The van der Waals surface area contributed by atoms with E-state index < -0.39 is 10.0 Å². The quantitative estimate of drug-likeness (QED) is 0.828. The summed E-state index contributed by atoms with van der Waals surface area (Å²) >= 11 is 1.74. The van der Waals surface area contributed by atoms with E-state index in [1.54, 1.807) is 39.9 Å². The van der Waals surface area contributed by atoms with Gasteiger partial charge in [0, 0.05) is 43.7 Å². The van der Waals surface area contributed by atoms with Gasteiger partial charge < -0.3 is 4.74 Å². The van der Waals surface area contributed by atoms with Crippen LogP contribution in [0.1, 0.15) is 4.88 Å². The Kier molecular flexibility index (Phi) is 5.01. The number of sulfonamides is 1. The van der Waals surface area contributed by atoms with Crippen LogP contribution >= 0.6 is 11.3 Å². The molecule has 1 aromatic heterocycles. The van der Waals surface area contributed by atoms with Crippen molar-refractivity contribution in [2.45, 2.75) is 11.4 Å². The fourth-order valence-corrected chi connectivity index (χ4v) is 4.87. The molecule has 0 amide bonds. The summed E-state index contributed by atoms with van der Waals surface area (Å²) in [6.07, 6.45) is 0. The van der Waals surface area contributed by atoms with Crippen molar-refractivity contribution < 1.29 is 13.2 Å². The second kappa shape index (κ2) is 7.00. The fourth-order valence-electron chi connectivity index (χ4n) is 2.66. The molecule has 0 aliphatic carbocycles. The summed E-state index contributed by atoms with van der Waals surface area (Å²) in [5.74, 6) is 0.558. The molecule has 5 nitrogen and oxygen atoms in total. The SMILES string of the molecule is COc1cccc(S(=O)(=O)N2CCN(Cc3cccs3)CC2)c1. The van der Waals surface area contributed by atoms with E-state index in [-0.39, 0.29) is 0 Å². The third-order valence-corrected chi connectivity index (χ3v) is 6.73. The monoisotopic (exact) mass is 352 g/mol. The second-order valence-corrected chi connectivity index (χ2v) is 8.41. The van der Waals surface area contributed by atoms with E-state index in [1.165, 1.54) is 12.0 Å².